The van der Waals surface area contributed by atoms with Crippen LogP contribution in [0.3, 0.4) is 0 Å². The number of hydrogen-bond acceptors (Lipinski definition) is 4. The standard InChI is InChI=1S/C22H16N2O3/c25-12-14-1-3-15(4-2-14)16-5-7-17(8-6-16)22-23-19-10-9-18(21(27)13-26)11-20(19)24-22/h1-12,26H,13H2,(H,23,24). The Morgan fingerprint density at radius 1 is 0.926 bits per heavy atom. The van der Waals surface area contributed by atoms with Crippen LogP contribution in [-0.4, -0.2) is 33.8 Å². The lowest BCUT2D eigenvalue weighted by molar-refractivity contribution is 0.0903. The van der Waals surface area contributed by atoms with Crippen molar-refractivity contribution in [2.45, 2.75) is 0 Å². The Bertz CT molecular complexity index is 1130. The maximum Gasteiger partial charge on any atom is 0.188 e. The highest BCUT2D eigenvalue weighted by Crippen LogP contribution is 2.25. The van der Waals surface area contributed by atoms with E-state index in [4.69, 9.17) is 5.11 Å². The molecular formula is C22H16N2O3. The quantitative estimate of drug-likeness (QED) is 0.420. The first-order chi connectivity index (χ1) is 13.2. The molecule has 0 saturated heterocycles. The van der Waals surface area contributed by atoms with E-state index in [2.05, 4.69) is 9.97 Å². The fraction of sp³-hybridized carbons (Fsp3) is 0.0455. The summed E-state index contributed by atoms with van der Waals surface area (Å²) in [6.07, 6.45) is 0.827. The topological polar surface area (TPSA) is 83.1 Å². The average Bonchev–Trinajstić information content (AvgIpc) is 3.16. The summed E-state index contributed by atoms with van der Waals surface area (Å²) >= 11 is 0. The number of benzene rings is 3. The third-order valence-electron chi connectivity index (χ3n) is 4.49. The molecule has 5 nitrogen and oxygen atoms in total. The molecule has 0 amide bonds. The number of nitrogens with one attached hydrogen (secondary N) is 1. The third kappa shape index (κ3) is 3.28. The molecule has 0 aliphatic carbocycles. The van der Waals surface area contributed by atoms with Gasteiger partial charge in [-0.25, -0.2) is 4.98 Å². The molecular weight excluding hydrogens is 340 g/mol. The number of fused-ring (bicyclic) bond motifs is 1. The van der Waals surface area contributed by atoms with Gasteiger partial charge in [-0.15, -0.1) is 0 Å². The smallest absolute Gasteiger partial charge is 0.188 e. The number of ketones is 1. The maximum absolute atomic E-state index is 11.6. The van der Waals surface area contributed by atoms with Crippen LogP contribution in [0.5, 0.6) is 0 Å². The molecule has 3 aromatic carbocycles. The molecule has 27 heavy (non-hydrogen) atoms. The van der Waals surface area contributed by atoms with Crippen LogP contribution in [0.2, 0.25) is 0 Å². The van der Waals surface area contributed by atoms with Crippen molar-refractivity contribution in [2.75, 3.05) is 6.61 Å². The third-order valence-corrected chi connectivity index (χ3v) is 4.49. The minimum atomic E-state index is -0.512. The van der Waals surface area contributed by atoms with Crippen LogP contribution in [0.1, 0.15) is 20.7 Å². The molecule has 0 aliphatic heterocycles. The number of aliphatic hydroxyl groups excluding tert-OH is 1. The number of aliphatic hydroxyl groups is 1. The van der Waals surface area contributed by atoms with Crippen molar-refractivity contribution in [1.82, 2.24) is 9.97 Å². The highest BCUT2D eigenvalue weighted by molar-refractivity contribution is 5.99. The second kappa shape index (κ2) is 6.97. The molecule has 0 atom stereocenters. The molecule has 0 aliphatic rings. The molecule has 4 rings (SSSR count). The van der Waals surface area contributed by atoms with Crippen molar-refractivity contribution in [3.63, 3.8) is 0 Å². The van der Waals surface area contributed by atoms with Crippen LogP contribution in [0.15, 0.2) is 66.7 Å². The van der Waals surface area contributed by atoms with Crippen LogP contribution in [0.4, 0.5) is 0 Å². The van der Waals surface area contributed by atoms with Crippen molar-refractivity contribution in [3.05, 3.63) is 77.9 Å². The molecule has 0 spiro atoms. The van der Waals surface area contributed by atoms with E-state index in [0.717, 1.165) is 34.0 Å². The number of Topliss-reactive ketones (excluding diaryl/α,β-unsaturated/α-hetero) is 1. The van der Waals surface area contributed by atoms with Crippen LogP contribution in [-0.2, 0) is 0 Å². The van der Waals surface area contributed by atoms with Crippen molar-refractivity contribution in [3.8, 4) is 22.5 Å². The van der Waals surface area contributed by atoms with E-state index < -0.39 is 6.61 Å². The van der Waals surface area contributed by atoms with Crippen molar-refractivity contribution in [2.24, 2.45) is 0 Å². The first-order valence-electron chi connectivity index (χ1n) is 8.48. The summed E-state index contributed by atoms with van der Waals surface area (Å²) in [4.78, 5) is 30.2. The van der Waals surface area contributed by atoms with Gasteiger partial charge >= 0.3 is 0 Å². The second-order valence-electron chi connectivity index (χ2n) is 6.22. The number of carbonyl (C=O) groups is 2. The lowest BCUT2D eigenvalue weighted by Crippen LogP contribution is -2.03. The highest BCUT2D eigenvalue weighted by Gasteiger charge is 2.09. The SMILES string of the molecule is O=Cc1ccc(-c2ccc(-c3nc4ccc(C(=O)CO)cc4[nH]3)cc2)cc1. The Labute approximate surface area is 155 Å². The summed E-state index contributed by atoms with van der Waals surface area (Å²) < 4.78 is 0. The zero-order chi connectivity index (χ0) is 18.8. The summed E-state index contributed by atoms with van der Waals surface area (Å²) in [7, 11) is 0. The van der Waals surface area contributed by atoms with E-state index in [9.17, 15) is 9.59 Å². The fourth-order valence-corrected chi connectivity index (χ4v) is 2.99. The molecule has 0 bridgehead atoms. The zero-order valence-corrected chi connectivity index (χ0v) is 14.3. The first kappa shape index (κ1) is 16.9. The molecule has 0 fully saturated rings. The lowest BCUT2D eigenvalue weighted by Gasteiger charge is -2.03. The molecule has 1 heterocycles. The fourth-order valence-electron chi connectivity index (χ4n) is 2.99. The number of aldehydes is 1. The largest absolute Gasteiger partial charge is 0.388 e. The number of aromatic amines is 1. The first-order valence-corrected chi connectivity index (χ1v) is 8.48. The van der Waals surface area contributed by atoms with Gasteiger partial charge in [0, 0.05) is 16.7 Å². The number of rotatable bonds is 5. The van der Waals surface area contributed by atoms with Crippen molar-refractivity contribution >= 4 is 23.1 Å². The molecule has 0 saturated carbocycles. The van der Waals surface area contributed by atoms with Gasteiger partial charge in [0.1, 0.15) is 18.7 Å². The number of aromatic nitrogens is 2. The predicted octanol–water partition coefficient (Wildman–Crippen LogP) is 3.88. The van der Waals surface area contributed by atoms with Gasteiger partial charge in [-0.05, 0) is 29.3 Å². The van der Waals surface area contributed by atoms with Crippen LogP contribution in [0.25, 0.3) is 33.5 Å². The van der Waals surface area contributed by atoms with E-state index in [1.165, 1.54) is 0 Å². The molecule has 132 valence electrons. The van der Waals surface area contributed by atoms with Crippen LogP contribution >= 0.6 is 0 Å². The van der Waals surface area contributed by atoms with Crippen molar-refractivity contribution in [1.29, 1.82) is 0 Å². The molecule has 0 radical (unpaired) electrons. The molecule has 2 N–H and O–H groups in total. The van der Waals surface area contributed by atoms with Gasteiger partial charge in [-0.2, -0.15) is 0 Å². The van der Waals surface area contributed by atoms with E-state index in [1.807, 2.05) is 36.4 Å². The van der Waals surface area contributed by atoms with E-state index in [-0.39, 0.29) is 5.78 Å². The predicted molar refractivity (Wildman–Crippen MR) is 104 cm³/mol. The lowest BCUT2D eigenvalue weighted by atomic mass is 10.0. The van der Waals surface area contributed by atoms with E-state index >= 15 is 0 Å². The highest BCUT2D eigenvalue weighted by atomic mass is 16.3. The minimum Gasteiger partial charge on any atom is -0.388 e. The number of hydrogen-bond donors (Lipinski definition) is 2. The minimum absolute atomic E-state index is 0.321. The summed E-state index contributed by atoms with van der Waals surface area (Å²) in [6, 6.07) is 20.5. The molecule has 1 aromatic heterocycles. The number of carbonyl (C=O) groups excluding carboxylic acids is 2. The van der Waals surface area contributed by atoms with E-state index in [1.54, 1.807) is 30.3 Å². The Morgan fingerprint density at radius 2 is 1.56 bits per heavy atom. The molecule has 0 unspecified atom stereocenters. The van der Waals surface area contributed by atoms with Crippen LogP contribution in [0, 0.1) is 0 Å². The van der Waals surface area contributed by atoms with Gasteiger partial charge in [0.2, 0.25) is 0 Å². The number of H-pyrrole nitrogens is 1. The summed E-state index contributed by atoms with van der Waals surface area (Å²) in [5, 5.41) is 9.00. The van der Waals surface area contributed by atoms with Gasteiger partial charge in [0.25, 0.3) is 0 Å². The number of nitrogens with zero attached hydrogens (tertiary/aromatic N) is 1. The Balaban J connectivity index is 1.64. The van der Waals surface area contributed by atoms with Gasteiger partial charge in [-0.1, -0.05) is 48.5 Å². The van der Waals surface area contributed by atoms with E-state index in [0.29, 0.717) is 17.0 Å². The Morgan fingerprint density at radius 3 is 2.19 bits per heavy atom. The second-order valence-corrected chi connectivity index (χ2v) is 6.22. The van der Waals surface area contributed by atoms with Gasteiger partial charge in [0.15, 0.2) is 5.78 Å². The summed E-state index contributed by atoms with van der Waals surface area (Å²) in [6.45, 7) is -0.512. The average molecular weight is 356 g/mol. The van der Waals surface area contributed by atoms with Crippen LogP contribution < -0.4 is 0 Å². The van der Waals surface area contributed by atoms with Crippen molar-refractivity contribution < 1.29 is 14.7 Å². The monoisotopic (exact) mass is 356 g/mol. The van der Waals surface area contributed by atoms with Gasteiger partial charge < -0.3 is 10.1 Å². The van der Waals surface area contributed by atoms with Gasteiger partial charge in [-0.3, -0.25) is 9.59 Å². The molecule has 4 aromatic rings. The maximum atomic E-state index is 11.6. The number of imidazole rings is 1. The summed E-state index contributed by atoms with van der Waals surface area (Å²) in [5.74, 6) is 0.388. The Hall–Kier alpha value is -3.57. The van der Waals surface area contributed by atoms with Gasteiger partial charge in [0.05, 0.1) is 11.0 Å². The molecule has 5 heteroatoms. The Kier molecular flexibility index (Phi) is 4.36. The normalized spacial score (nSPS) is 10.9. The summed E-state index contributed by atoms with van der Waals surface area (Å²) in [5.41, 5.74) is 5.61. The zero-order valence-electron chi connectivity index (χ0n) is 14.3.